The zero-order chi connectivity index (χ0) is 7.21. The summed E-state index contributed by atoms with van der Waals surface area (Å²) in [5.41, 5.74) is 0. The predicted molar refractivity (Wildman–Crippen MR) is 36.2 cm³/mol. The molecule has 0 aromatic carbocycles. The molecule has 0 fully saturated rings. The van der Waals surface area contributed by atoms with E-state index in [0.717, 1.165) is 4.48 Å². The van der Waals surface area contributed by atoms with E-state index in [1.54, 1.807) is 0 Å². The fourth-order valence-electron chi connectivity index (χ4n) is 0. The van der Waals surface area contributed by atoms with E-state index in [1.807, 2.05) is 0 Å². The molecule has 2 nitrogen and oxygen atoms in total. The second-order valence-corrected chi connectivity index (χ2v) is 3.49. The standard InChI is InChI=1S/C4H12N.Al.ClH.O/c1-5(2,3)4;;;/h1-4H3;;1H;/q2*+1;;/p-1. The Hall–Kier alpha value is 0.582. The summed E-state index contributed by atoms with van der Waals surface area (Å²) in [7, 11) is 13.0. The van der Waals surface area contributed by atoms with Crippen LogP contribution in [-0.2, 0) is 3.80 Å². The normalized spacial score (nSPS) is 8.62. The number of halogens is 1. The van der Waals surface area contributed by atoms with Crippen LogP contribution < -0.4 is 0 Å². The fraction of sp³-hybridized carbons (Fsp3) is 1.00. The van der Waals surface area contributed by atoms with Crippen LogP contribution >= 0.6 is 10.0 Å². The third-order valence-electron chi connectivity index (χ3n) is 0. The molecule has 0 aromatic heterocycles. The minimum absolute atomic E-state index is 1.00. The van der Waals surface area contributed by atoms with Crippen LogP contribution in [-0.4, -0.2) is 46.9 Å². The quantitative estimate of drug-likeness (QED) is 0.365. The van der Waals surface area contributed by atoms with Crippen molar-refractivity contribution in [2.75, 3.05) is 28.2 Å². The van der Waals surface area contributed by atoms with E-state index in [2.05, 4.69) is 38.2 Å². The average Bonchev–Trinajstić information content (AvgIpc) is 1.27. The minimum atomic E-state index is -1.03. The Morgan fingerprint density at radius 2 is 1.25 bits per heavy atom. The van der Waals surface area contributed by atoms with Crippen molar-refractivity contribution >= 4 is 24.3 Å². The van der Waals surface area contributed by atoms with E-state index >= 15 is 0 Å². The van der Waals surface area contributed by atoms with Crippen molar-refractivity contribution in [3.05, 3.63) is 0 Å². The Morgan fingerprint density at radius 3 is 1.25 bits per heavy atom. The molecule has 0 spiro atoms. The zero-order valence-electron chi connectivity index (χ0n) is 5.81. The van der Waals surface area contributed by atoms with Gasteiger partial charge in [0.05, 0.1) is 28.2 Å². The van der Waals surface area contributed by atoms with Crippen LogP contribution in [0.3, 0.4) is 0 Å². The molecule has 0 aliphatic heterocycles. The topological polar surface area (TPSA) is 17.1 Å². The van der Waals surface area contributed by atoms with E-state index in [1.165, 1.54) is 0 Å². The van der Waals surface area contributed by atoms with Crippen LogP contribution in [0.2, 0.25) is 0 Å². The van der Waals surface area contributed by atoms with Gasteiger partial charge in [-0.05, 0) is 0 Å². The van der Waals surface area contributed by atoms with Crippen LogP contribution in [0, 0.1) is 0 Å². The first kappa shape index (κ1) is 11.4. The molecule has 0 radical (unpaired) electrons. The van der Waals surface area contributed by atoms with Crippen molar-refractivity contribution in [1.29, 1.82) is 0 Å². The van der Waals surface area contributed by atoms with Gasteiger partial charge in [0.15, 0.2) is 0 Å². The molecule has 0 atom stereocenters. The van der Waals surface area contributed by atoms with Crippen LogP contribution in [0.15, 0.2) is 0 Å². The average molecular weight is 153 g/mol. The van der Waals surface area contributed by atoms with Crippen molar-refractivity contribution in [2.45, 2.75) is 0 Å². The summed E-state index contributed by atoms with van der Waals surface area (Å²) in [5, 5.41) is 0. The van der Waals surface area contributed by atoms with Gasteiger partial charge in [-0.2, -0.15) is 0 Å². The Kier molecular flexibility index (Phi) is 8.13. The fourth-order valence-corrected chi connectivity index (χ4v) is 0. The number of hydrogen-bond acceptors (Lipinski definition) is 1. The van der Waals surface area contributed by atoms with Gasteiger partial charge >= 0.3 is 28.1 Å². The molecule has 0 heterocycles. The van der Waals surface area contributed by atoms with Gasteiger partial charge in [-0.15, -0.1) is 0 Å². The number of nitrogens with zero attached hydrogens (tertiary/aromatic N) is 1. The summed E-state index contributed by atoms with van der Waals surface area (Å²) < 4.78 is 9.78. The molecule has 0 rings (SSSR count). The Labute approximate surface area is 61.2 Å². The van der Waals surface area contributed by atoms with Crippen molar-refractivity contribution < 1.29 is 8.29 Å². The Balaban J connectivity index is 0. The van der Waals surface area contributed by atoms with E-state index in [9.17, 15) is 0 Å². The maximum atomic E-state index is 8.78. The van der Waals surface area contributed by atoms with Crippen molar-refractivity contribution in [3.63, 3.8) is 0 Å². The van der Waals surface area contributed by atoms with Gasteiger partial charge < -0.3 is 4.48 Å². The number of quaternary nitrogens is 1. The molecular weight excluding hydrogens is 140 g/mol. The molecule has 0 amide bonds. The molecule has 8 heavy (non-hydrogen) atoms. The Bertz CT molecular complexity index is 55.5. The van der Waals surface area contributed by atoms with E-state index in [4.69, 9.17) is 3.80 Å². The molecule has 48 valence electrons. The summed E-state index contributed by atoms with van der Waals surface area (Å²) in [4.78, 5) is 0. The molecule has 0 aromatic rings. The van der Waals surface area contributed by atoms with Gasteiger partial charge in [0.2, 0.25) is 0 Å². The first-order valence-corrected chi connectivity index (χ1v) is 4.46. The summed E-state index contributed by atoms with van der Waals surface area (Å²) in [6.45, 7) is 0. The SMILES string of the molecule is C[N+](C)(C)C.[O]=[Al][Cl]. The number of rotatable bonds is 0. The monoisotopic (exact) mass is 152 g/mol. The molecule has 0 N–H and O–H groups in total. The molecule has 4 heteroatoms. The molecule has 0 saturated carbocycles. The zero-order valence-corrected chi connectivity index (χ0v) is 7.72. The van der Waals surface area contributed by atoms with E-state index < -0.39 is 14.2 Å². The van der Waals surface area contributed by atoms with E-state index in [-0.39, 0.29) is 0 Å². The van der Waals surface area contributed by atoms with Crippen molar-refractivity contribution in [2.24, 2.45) is 0 Å². The van der Waals surface area contributed by atoms with Crippen molar-refractivity contribution in [3.8, 4) is 0 Å². The second kappa shape index (κ2) is 5.71. The van der Waals surface area contributed by atoms with Crippen molar-refractivity contribution in [1.82, 2.24) is 0 Å². The predicted octanol–water partition coefficient (Wildman–Crippen LogP) is 0.512. The summed E-state index contributed by atoms with van der Waals surface area (Å²) >= 11 is -1.03. The molecule has 0 aliphatic rings. The third kappa shape index (κ3) is 605. The van der Waals surface area contributed by atoms with Gasteiger partial charge in [0, 0.05) is 0 Å². The first-order chi connectivity index (χ1) is 3.41. The van der Waals surface area contributed by atoms with Gasteiger partial charge in [-0.3, -0.25) is 0 Å². The van der Waals surface area contributed by atoms with Crippen LogP contribution in [0.25, 0.3) is 0 Å². The third-order valence-corrected chi connectivity index (χ3v) is 0. The first-order valence-electron chi connectivity index (χ1n) is 2.24. The molecule has 0 bridgehead atoms. The van der Waals surface area contributed by atoms with Crippen LogP contribution in [0.5, 0.6) is 0 Å². The number of hydrogen-bond donors (Lipinski definition) is 0. The van der Waals surface area contributed by atoms with Crippen LogP contribution in [0.1, 0.15) is 0 Å². The molecule has 0 aliphatic carbocycles. The van der Waals surface area contributed by atoms with Gasteiger partial charge in [0.25, 0.3) is 0 Å². The Morgan fingerprint density at radius 1 is 1.25 bits per heavy atom. The summed E-state index contributed by atoms with van der Waals surface area (Å²) in [6, 6.07) is 0. The van der Waals surface area contributed by atoms with Gasteiger partial charge in [-0.25, -0.2) is 0 Å². The van der Waals surface area contributed by atoms with Gasteiger partial charge in [0.1, 0.15) is 0 Å². The molecular formula is C4H12AlClNO+. The summed E-state index contributed by atoms with van der Waals surface area (Å²) in [6.07, 6.45) is 0. The maximum absolute atomic E-state index is 8.78. The molecule has 0 unspecified atom stereocenters. The van der Waals surface area contributed by atoms with Crippen LogP contribution in [0.4, 0.5) is 0 Å². The second-order valence-electron chi connectivity index (χ2n) is 2.77. The molecule has 0 saturated heterocycles. The summed E-state index contributed by atoms with van der Waals surface area (Å²) in [5.74, 6) is 0. The van der Waals surface area contributed by atoms with Gasteiger partial charge in [-0.1, -0.05) is 0 Å². The van der Waals surface area contributed by atoms with E-state index in [0.29, 0.717) is 0 Å².